The van der Waals surface area contributed by atoms with Gasteiger partial charge in [0.05, 0.1) is 5.56 Å². The first-order valence-corrected chi connectivity index (χ1v) is 4.77. The Morgan fingerprint density at radius 3 is 2.37 bits per heavy atom. The molecule has 19 heavy (non-hydrogen) atoms. The van der Waals surface area contributed by atoms with Crippen LogP contribution < -0.4 is 5.73 Å². The molecule has 1 rings (SSSR count). The molecule has 0 aliphatic heterocycles. The van der Waals surface area contributed by atoms with E-state index in [4.69, 9.17) is 5.73 Å². The second-order valence-electron chi connectivity index (χ2n) is 3.37. The fourth-order valence-corrected chi connectivity index (χ4v) is 1.07. The fraction of sp³-hybridized carbons (Fsp3) is 0.300. The number of nitrogen functional groups attached to an aromatic ring is 1. The minimum atomic E-state index is -4.56. The maximum Gasteiger partial charge on any atom is 0.411 e. The van der Waals surface area contributed by atoms with Gasteiger partial charge in [0.25, 0.3) is 0 Å². The summed E-state index contributed by atoms with van der Waals surface area (Å²) >= 11 is 0. The van der Waals surface area contributed by atoms with E-state index in [0.717, 1.165) is 0 Å². The van der Waals surface area contributed by atoms with Crippen molar-refractivity contribution in [1.29, 1.82) is 0 Å². The highest BCUT2D eigenvalue weighted by molar-refractivity contribution is 5.95. The number of nitrogens with two attached hydrogens (primary N) is 1. The molecule has 0 heterocycles. The molecule has 0 radical (unpaired) electrons. The monoisotopic (exact) mass is 285 g/mol. The summed E-state index contributed by atoms with van der Waals surface area (Å²) in [5.41, 5.74) is 4.33. The number of carbonyl (C=O) groups excluding carboxylic acids is 1. The molecule has 0 aliphatic carbocycles. The summed E-state index contributed by atoms with van der Waals surface area (Å²) in [6, 6.07) is 1.04. The molecule has 106 valence electrons. The summed E-state index contributed by atoms with van der Waals surface area (Å²) < 4.78 is 68.9. The van der Waals surface area contributed by atoms with E-state index in [0.29, 0.717) is 12.1 Å². The van der Waals surface area contributed by atoms with Crippen molar-refractivity contribution in [3.05, 3.63) is 29.3 Å². The van der Waals surface area contributed by atoms with Crippen molar-refractivity contribution in [2.45, 2.75) is 6.18 Å². The van der Waals surface area contributed by atoms with Crippen LogP contribution >= 0.6 is 0 Å². The van der Waals surface area contributed by atoms with E-state index in [1.54, 1.807) is 0 Å². The molecule has 0 saturated heterocycles. The number of carbonyl (C=O) groups is 1. The molecule has 0 aromatic heterocycles. The zero-order valence-corrected chi connectivity index (χ0v) is 9.26. The third-order valence-corrected chi connectivity index (χ3v) is 1.85. The summed E-state index contributed by atoms with van der Waals surface area (Å²) in [6.07, 6.45) is -4.56. The Balaban J connectivity index is 2.57. The van der Waals surface area contributed by atoms with Gasteiger partial charge in [-0.05, 0) is 6.07 Å². The van der Waals surface area contributed by atoms with Crippen molar-refractivity contribution in [2.24, 2.45) is 0 Å². The topological polar surface area (TPSA) is 61.6 Å². The molecule has 0 aliphatic rings. The Kier molecular flexibility index (Phi) is 4.65. The van der Waals surface area contributed by atoms with Gasteiger partial charge in [-0.15, -0.1) is 0 Å². The third kappa shape index (κ3) is 4.70. The van der Waals surface area contributed by atoms with Crippen LogP contribution in [0.3, 0.4) is 0 Å². The molecule has 0 amide bonds. The van der Waals surface area contributed by atoms with Crippen molar-refractivity contribution < 1.29 is 36.2 Å². The minimum absolute atomic E-state index is 0.403. The Hall–Kier alpha value is -1.90. The van der Waals surface area contributed by atoms with Crippen LogP contribution in [0.2, 0.25) is 0 Å². The number of ether oxygens (including phenoxy) is 2. The largest absolute Gasteiger partial charge is 0.435 e. The summed E-state index contributed by atoms with van der Waals surface area (Å²) in [5, 5.41) is 0. The molecule has 1 aromatic rings. The van der Waals surface area contributed by atoms with Crippen LogP contribution in [0.5, 0.6) is 0 Å². The molecule has 1 aromatic carbocycles. The SMILES string of the molecule is Nc1cc(F)c(F)cc1C(=O)OCOCC(F)(F)F. The first-order valence-electron chi connectivity index (χ1n) is 4.77. The molecular weight excluding hydrogens is 277 g/mol. The number of halogens is 5. The summed E-state index contributed by atoms with van der Waals surface area (Å²) in [5.74, 6) is -3.82. The van der Waals surface area contributed by atoms with Gasteiger partial charge in [0.2, 0.25) is 0 Å². The van der Waals surface area contributed by atoms with Crippen LogP contribution in [0.25, 0.3) is 0 Å². The second-order valence-corrected chi connectivity index (χ2v) is 3.37. The summed E-state index contributed by atoms with van der Waals surface area (Å²) in [6.45, 7) is -2.59. The van der Waals surface area contributed by atoms with E-state index < -0.39 is 48.4 Å². The maximum atomic E-state index is 12.8. The quantitative estimate of drug-likeness (QED) is 0.303. The van der Waals surface area contributed by atoms with Gasteiger partial charge in [-0.1, -0.05) is 0 Å². The average Bonchev–Trinajstić information content (AvgIpc) is 2.28. The molecule has 4 nitrogen and oxygen atoms in total. The van der Waals surface area contributed by atoms with Crippen molar-refractivity contribution in [2.75, 3.05) is 19.1 Å². The number of hydrogen-bond donors (Lipinski definition) is 1. The van der Waals surface area contributed by atoms with Gasteiger partial charge in [-0.3, -0.25) is 0 Å². The van der Waals surface area contributed by atoms with Crippen LogP contribution in [0.1, 0.15) is 10.4 Å². The molecule has 0 bridgehead atoms. The van der Waals surface area contributed by atoms with Crippen LogP contribution in [-0.4, -0.2) is 25.5 Å². The van der Waals surface area contributed by atoms with E-state index in [1.807, 2.05) is 0 Å². The Labute approximate surface area is 103 Å². The molecule has 0 saturated carbocycles. The highest BCUT2D eigenvalue weighted by Gasteiger charge is 2.27. The van der Waals surface area contributed by atoms with E-state index in [2.05, 4.69) is 9.47 Å². The highest BCUT2D eigenvalue weighted by atomic mass is 19.4. The van der Waals surface area contributed by atoms with Gasteiger partial charge >= 0.3 is 12.1 Å². The van der Waals surface area contributed by atoms with Gasteiger partial charge in [0.1, 0.15) is 6.61 Å². The van der Waals surface area contributed by atoms with Crippen molar-refractivity contribution in [3.8, 4) is 0 Å². The van der Waals surface area contributed by atoms with E-state index in [9.17, 15) is 26.7 Å². The molecule has 0 atom stereocenters. The second kappa shape index (κ2) is 5.83. The van der Waals surface area contributed by atoms with Crippen LogP contribution in [0.4, 0.5) is 27.6 Å². The Morgan fingerprint density at radius 1 is 1.21 bits per heavy atom. The summed E-state index contributed by atoms with van der Waals surface area (Å²) in [4.78, 5) is 11.3. The normalized spacial score (nSPS) is 11.4. The van der Waals surface area contributed by atoms with Gasteiger partial charge < -0.3 is 15.2 Å². The zero-order chi connectivity index (χ0) is 14.6. The first kappa shape index (κ1) is 15.2. The first-order chi connectivity index (χ1) is 8.70. The molecule has 0 fully saturated rings. The average molecular weight is 285 g/mol. The maximum absolute atomic E-state index is 12.8. The van der Waals surface area contributed by atoms with Crippen LogP contribution in [0.15, 0.2) is 12.1 Å². The Morgan fingerprint density at radius 2 is 1.79 bits per heavy atom. The molecule has 2 N–H and O–H groups in total. The molecule has 0 unspecified atom stereocenters. The predicted octanol–water partition coefficient (Wildman–Crippen LogP) is 2.24. The summed E-state index contributed by atoms with van der Waals surface area (Å²) in [7, 11) is 0. The lowest BCUT2D eigenvalue weighted by molar-refractivity contribution is -0.190. The van der Waals surface area contributed by atoms with Crippen molar-refractivity contribution in [1.82, 2.24) is 0 Å². The fourth-order valence-electron chi connectivity index (χ4n) is 1.07. The number of anilines is 1. The van der Waals surface area contributed by atoms with E-state index in [-0.39, 0.29) is 0 Å². The predicted molar refractivity (Wildman–Crippen MR) is 53.1 cm³/mol. The van der Waals surface area contributed by atoms with Crippen LogP contribution in [0, 0.1) is 11.6 Å². The lowest BCUT2D eigenvalue weighted by Gasteiger charge is -2.09. The standard InChI is InChI=1S/C10H8F5NO3/c11-6-1-5(8(16)2-7(6)12)9(17)19-4-18-3-10(13,14)15/h1-2H,3-4,16H2. The molecule has 0 spiro atoms. The molecule has 9 heteroatoms. The third-order valence-electron chi connectivity index (χ3n) is 1.85. The molecular formula is C10H8F5NO3. The zero-order valence-electron chi connectivity index (χ0n) is 9.26. The highest BCUT2D eigenvalue weighted by Crippen LogP contribution is 2.18. The number of benzene rings is 1. The number of hydrogen-bond acceptors (Lipinski definition) is 4. The van der Waals surface area contributed by atoms with Crippen LogP contribution in [-0.2, 0) is 9.47 Å². The smallest absolute Gasteiger partial charge is 0.411 e. The number of esters is 1. The van der Waals surface area contributed by atoms with Crippen molar-refractivity contribution >= 4 is 11.7 Å². The number of rotatable bonds is 4. The van der Waals surface area contributed by atoms with Gasteiger partial charge in [-0.25, -0.2) is 13.6 Å². The van der Waals surface area contributed by atoms with Crippen molar-refractivity contribution in [3.63, 3.8) is 0 Å². The van der Waals surface area contributed by atoms with E-state index in [1.165, 1.54) is 0 Å². The number of alkyl halides is 3. The lowest BCUT2D eigenvalue weighted by atomic mass is 10.2. The lowest BCUT2D eigenvalue weighted by Crippen LogP contribution is -2.20. The van der Waals surface area contributed by atoms with Gasteiger partial charge in [-0.2, -0.15) is 13.2 Å². The van der Waals surface area contributed by atoms with E-state index >= 15 is 0 Å². The minimum Gasteiger partial charge on any atom is -0.435 e. The van der Waals surface area contributed by atoms with Gasteiger partial charge in [0.15, 0.2) is 18.4 Å². The van der Waals surface area contributed by atoms with Gasteiger partial charge in [0, 0.05) is 11.8 Å². The Bertz CT molecular complexity index is 475.